The second kappa shape index (κ2) is 4.42. The van der Waals surface area contributed by atoms with Crippen molar-refractivity contribution in [1.29, 1.82) is 0 Å². The van der Waals surface area contributed by atoms with E-state index >= 15 is 0 Å². The highest BCUT2D eigenvalue weighted by atomic mass is 35.5. The van der Waals surface area contributed by atoms with E-state index in [9.17, 15) is 4.79 Å². The van der Waals surface area contributed by atoms with E-state index in [2.05, 4.69) is 13.8 Å². The van der Waals surface area contributed by atoms with E-state index in [0.29, 0.717) is 5.92 Å². The first kappa shape index (κ1) is 12.0. The zero-order valence-corrected chi connectivity index (χ0v) is 11.3. The van der Waals surface area contributed by atoms with Gasteiger partial charge in [0.15, 0.2) is 5.78 Å². The number of benzene rings is 1. The largest absolute Gasteiger partial charge is 0.293 e. The monoisotopic (exact) mass is 254 g/mol. The van der Waals surface area contributed by atoms with Crippen molar-refractivity contribution in [3.05, 3.63) is 33.8 Å². The Bertz CT molecular complexity index is 440. The molecule has 0 aliphatic carbocycles. The number of Topliss-reactive ketones (excluding diaryl/α,β-unsaturated/α-hetero) is 1. The standard InChI is InChI=1S/C13H15ClOS/c1-7(2)13-12(15)9-4-8(3)5-11(14)10(9)6-16-13/h4-5,7,13H,6H2,1-3H3. The fraction of sp³-hybridized carbons (Fsp3) is 0.462. The van der Waals surface area contributed by atoms with Crippen molar-refractivity contribution in [1.82, 2.24) is 0 Å². The zero-order chi connectivity index (χ0) is 11.9. The molecule has 1 unspecified atom stereocenters. The molecule has 2 rings (SSSR count). The second-order valence-corrected chi connectivity index (χ2v) is 6.15. The fourth-order valence-electron chi connectivity index (χ4n) is 2.04. The van der Waals surface area contributed by atoms with Gasteiger partial charge in [-0.25, -0.2) is 0 Å². The maximum Gasteiger partial charge on any atom is 0.176 e. The molecule has 0 saturated carbocycles. The Kier molecular flexibility index (Phi) is 3.32. The Morgan fingerprint density at radius 3 is 2.75 bits per heavy atom. The molecule has 1 aliphatic heterocycles. The van der Waals surface area contributed by atoms with Crippen LogP contribution in [-0.2, 0) is 5.75 Å². The Morgan fingerprint density at radius 1 is 1.44 bits per heavy atom. The van der Waals surface area contributed by atoms with Gasteiger partial charge in [0.2, 0.25) is 0 Å². The molecule has 86 valence electrons. The highest BCUT2D eigenvalue weighted by Crippen LogP contribution is 2.37. The van der Waals surface area contributed by atoms with Gasteiger partial charge in [-0.15, -0.1) is 11.8 Å². The minimum Gasteiger partial charge on any atom is -0.293 e. The summed E-state index contributed by atoms with van der Waals surface area (Å²) < 4.78 is 0. The van der Waals surface area contributed by atoms with Crippen molar-refractivity contribution < 1.29 is 4.79 Å². The van der Waals surface area contributed by atoms with E-state index in [4.69, 9.17) is 11.6 Å². The molecular formula is C13H15ClOS. The Labute approximate surface area is 106 Å². The predicted molar refractivity (Wildman–Crippen MR) is 70.4 cm³/mol. The summed E-state index contributed by atoms with van der Waals surface area (Å²) in [5.74, 6) is 1.47. The van der Waals surface area contributed by atoms with Gasteiger partial charge in [-0.3, -0.25) is 4.79 Å². The van der Waals surface area contributed by atoms with E-state index in [1.165, 1.54) is 0 Å². The average molecular weight is 255 g/mol. The van der Waals surface area contributed by atoms with Gasteiger partial charge in [-0.2, -0.15) is 0 Å². The minimum absolute atomic E-state index is 0.0883. The van der Waals surface area contributed by atoms with Crippen molar-refractivity contribution in [2.45, 2.75) is 31.8 Å². The molecule has 1 nitrogen and oxygen atoms in total. The zero-order valence-electron chi connectivity index (χ0n) is 9.71. The predicted octanol–water partition coefficient (Wildman–Crippen LogP) is 4.10. The molecule has 0 bridgehead atoms. The van der Waals surface area contributed by atoms with Crippen LogP contribution in [0.5, 0.6) is 0 Å². The van der Waals surface area contributed by atoms with Crippen molar-refractivity contribution in [2.75, 3.05) is 0 Å². The van der Waals surface area contributed by atoms with Crippen LogP contribution in [0, 0.1) is 12.8 Å². The van der Waals surface area contributed by atoms with Crippen LogP contribution >= 0.6 is 23.4 Å². The highest BCUT2D eigenvalue weighted by Gasteiger charge is 2.31. The SMILES string of the molecule is Cc1cc(Cl)c2c(c1)C(=O)C(C(C)C)SC2. The van der Waals surface area contributed by atoms with Crippen molar-refractivity contribution in [2.24, 2.45) is 5.92 Å². The van der Waals surface area contributed by atoms with Crippen LogP contribution in [0.1, 0.15) is 35.3 Å². The molecule has 0 N–H and O–H groups in total. The number of carbonyl (C=O) groups is 1. The lowest BCUT2D eigenvalue weighted by molar-refractivity contribution is 0.0973. The molecule has 1 heterocycles. The summed E-state index contributed by atoms with van der Waals surface area (Å²) in [6.45, 7) is 6.17. The van der Waals surface area contributed by atoms with E-state index in [-0.39, 0.29) is 11.0 Å². The van der Waals surface area contributed by atoms with Gasteiger partial charge in [0.05, 0.1) is 5.25 Å². The van der Waals surface area contributed by atoms with Crippen LogP contribution in [0.25, 0.3) is 0 Å². The number of thioether (sulfide) groups is 1. The molecule has 0 aromatic heterocycles. The van der Waals surface area contributed by atoms with Gasteiger partial charge in [-0.05, 0) is 36.1 Å². The summed E-state index contributed by atoms with van der Waals surface area (Å²) in [5.41, 5.74) is 2.91. The normalized spacial score (nSPS) is 20.1. The third-order valence-electron chi connectivity index (χ3n) is 2.88. The first-order valence-electron chi connectivity index (χ1n) is 5.45. The highest BCUT2D eigenvalue weighted by molar-refractivity contribution is 8.00. The van der Waals surface area contributed by atoms with Gasteiger partial charge in [-0.1, -0.05) is 25.4 Å². The molecule has 0 amide bonds. The van der Waals surface area contributed by atoms with Crippen molar-refractivity contribution >= 4 is 29.1 Å². The van der Waals surface area contributed by atoms with Crippen LogP contribution < -0.4 is 0 Å². The molecule has 1 aromatic rings. The molecule has 0 radical (unpaired) electrons. The van der Waals surface area contributed by atoms with Crippen LogP contribution in [-0.4, -0.2) is 11.0 Å². The molecule has 1 aromatic carbocycles. The van der Waals surface area contributed by atoms with Gasteiger partial charge >= 0.3 is 0 Å². The molecule has 16 heavy (non-hydrogen) atoms. The summed E-state index contributed by atoms with van der Waals surface area (Å²) in [4.78, 5) is 12.3. The van der Waals surface area contributed by atoms with Crippen LogP contribution in [0.2, 0.25) is 5.02 Å². The molecular weight excluding hydrogens is 240 g/mol. The minimum atomic E-state index is 0.0883. The third kappa shape index (κ3) is 2.01. The maximum atomic E-state index is 12.3. The van der Waals surface area contributed by atoms with Gasteiger partial charge in [0.25, 0.3) is 0 Å². The molecule has 1 aliphatic rings. The Hall–Kier alpha value is -0.470. The summed E-state index contributed by atoms with van der Waals surface area (Å²) in [6.07, 6.45) is 0. The van der Waals surface area contributed by atoms with E-state index < -0.39 is 0 Å². The molecule has 3 heteroatoms. The van der Waals surface area contributed by atoms with Crippen LogP contribution in [0.3, 0.4) is 0 Å². The number of fused-ring (bicyclic) bond motifs is 1. The Balaban J connectivity index is 2.48. The number of rotatable bonds is 1. The number of carbonyl (C=O) groups excluding carboxylic acids is 1. The summed E-state index contributed by atoms with van der Waals surface area (Å²) in [5, 5.41) is 0.823. The van der Waals surface area contributed by atoms with Crippen LogP contribution in [0.4, 0.5) is 0 Å². The number of hydrogen-bond donors (Lipinski definition) is 0. The molecule has 0 fully saturated rings. The number of ketones is 1. The van der Waals surface area contributed by atoms with Crippen molar-refractivity contribution in [3.8, 4) is 0 Å². The first-order chi connectivity index (χ1) is 7.50. The third-order valence-corrected chi connectivity index (χ3v) is 4.79. The number of halogens is 1. The quantitative estimate of drug-likeness (QED) is 0.751. The van der Waals surface area contributed by atoms with E-state index in [1.807, 2.05) is 19.1 Å². The molecule has 1 atom stereocenters. The van der Waals surface area contributed by atoms with Gasteiger partial charge in [0, 0.05) is 16.3 Å². The number of hydrogen-bond acceptors (Lipinski definition) is 2. The molecule has 0 saturated heterocycles. The topological polar surface area (TPSA) is 17.1 Å². The summed E-state index contributed by atoms with van der Waals surface area (Å²) in [6, 6.07) is 3.91. The average Bonchev–Trinajstić information content (AvgIpc) is 2.19. The number of aryl methyl sites for hydroxylation is 1. The lowest BCUT2D eigenvalue weighted by Gasteiger charge is -2.26. The smallest absolute Gasteiger partial charge is 0.176 e. The molecule has 0 spiro atoms. The summed E-state index contributed by atoms with van der Waals surface area (Å²) >= 11 is 7.88. The van der Waals surface area contributed by atoms with Gasteiger partial charge < -0.3 is 0 Å². The van der Waals surface area contributed by atoms with Crippen molar-refractivity contribution in [3.63, 3.8) is 0 Å². The van der Waals surface area contributed by atoms with E-state index in [0.717, 1.165) is 27.5 Å². The Morgan fingerprint density at radius 2 is 2.12 bits per heavy atom. The second-order valence-electron chi connectivity index (χ2n) is 4.61. The summed E-state index contributed by atoms with van der Waals surface area (Å²) in [7, 11) is 0. The first-order valence-corrected chi connectivity index (χ1v) is 6.88. The van der Waals surface area contributed by atoms with Gasteiger partial charge in [0.1, 0.15) is 0 Å². The van der Waals surface area contributed by atoms with Crippen LogP contribution in [0.15, 0.2) is 12.1 Å². The maximum absolute atomic E-state index is 12.3. The van der Waals surface area contributed by atoms with E-state index in [1.54, 1.807) is 11.8 Å². The lowest BCUT2D eigenvalue weighted by Crippen LogP contribution is -2.28. The fourth-order valence-corrected chi connectivity index (χ4v) is 3.78. The lowest BCUT2D eigenvalue weighted by atomic mass is 9.95.